The summed E-state index contributed by atoms with van der Waals surface area (Å²) in [4.78, 5) is 13.2. The van der Waals surface area contributed by atoms with Gasteiger partial charge in [0.2, 0.25) is 5.91 Å². The molecule has 2 aromatic rings. The van der Waals surface area contributed by atoms with Gasteiger partial charge in [-0.1, -0.05) is 67.8 Å². The summed E-state index contributed by atoms with van der Waals surface area (Å²) < 4.78 is 1.97. The predicted octanol–water partition coefficient (Wildman–Crippen LogP) is 3.75. The van der Waals surface area contributed by atoms with Crippen molar-refractivity contribution in [1.29, 1.82) is 0 Å². The van der Waals surface area contributed by atoms with E-state index in [1.54, 1.807) is 11.8 Å². The Balaban J connectivity index is 1.77. The van der Waals surface area contributed by atoms with Crippen LogP contribution in [-0.2, 0) is 23.8 Å². The number of carbonyl (C=O) groups is 1. The zero-order chi connectivity index (χ0) is 18.6. The zero-order valence-corrected chi connectivity index (χ0v) is 16.7. The quantitative estimate of drug-likeness (QED) is 0.785. The number of aromatic nitrogens is 3. The third-order valence-electron chi connectivity index (χ3n) is 5.35. The summed E-state index contributed by atoms with van der Waals surface area (Å²) in [5.41, 5.74) is 1.95. The Morgan fingerprint density at radius 3 is 2.54 bits per heavy atom. The summed E-state index contributed by atoms with van der Waals surface area (Å²) in [5, 5.41) is 12.5. The number of aryl methyl sites for hydroxylation is 1. The Kier molecular flexibility index (Phi) is 6.01. The van der Waals surface area contributed by atoms with Gasteiger partial charge in [0, 0.05) is 7.05 Å². The fraction of sp³-hybridized carbons (Fsp3) is 0.550. The molecule has 1 aliphatic carbocycles. The van der Waals surface area contributed by atoms with Gasteiger partial charge in [-0.2, -0.15) is 0 Å². The Labute approximate surface area is 160 Å². The van der Waals surface area contributed by atoms with E-state index in [4.69, 9.17) is 0 Å². The van der Waals surface area contributed by atoms with Crippen LogP contribution >= 0.6 is 11.8 Å². The number of rotatable bonds is 6. The lowest BCUT2D eigenvalue weighted by Gasteiger charge is -2.36. The maximum atomic E-state index is 13.2. The smallest absolute Gasteiger partial charge is 0.231 e. The molecule has 0 saturated heterocycles. The highest BCUT2D eigenvalue weighted by molar-refractivity contribution is 7.99. The summed E-state index contributed by atoms with van der Waals surface area (Å²) in [6, 6.07) is 8.46. The van der Waals surface area contributed by atoms with Crippen LogP contribution in [0.2, 0.25) is 0 Å². The molecular formula is C20H28N4OS. The van der Waals surface area contributed by atoms with Crippen LogP contribution in [0.1, 0.15) is 56.0 Å². The van der Waals surface area contributed by atoms with E-state index < -0.39 is 5.41 Å². The van der Waals surface area contributed by atoms with Crippen molar-refractivity contribution in [2.24, 2.45) is 7.05 Å². The molecule has 26 heavy (non-hydrogen) atoms. The lowest BCUT2D eigenvalue weighted by molar-refractivity contribution is -0.128. The molecule has 3 rings (SSSR count). The summed E-state index contributed by atoms with van der Waals surface area (Å²) in [6.45, 7) is 4.59. The molecule has 0 aliphatic heterocycles. The van der Waals surface area contributed by atoms with E-state index in [0.29, 0.717) is 6.54 Å². The van der Waals surface area contributed by atoms with Crippen molar-refractivity contribution >= 4 is 17.7 Å². The first-order chi connectivity index (χ1) is 12.6. The Hall–Kier alpha value is -1.82. The van der Waals surface area contributed by atoms with Gasteiger partial charge in [0.15, 0.2) is 11.0 Å². The maximum Gasteiger partial charge on any atom is 0.231 e. The van der Waals surface area contributed by atoms with Crippen molar-refractivity contribution in [1.82, 2.24) is 20.1 Å². The van der Waals surface area contributed by atoms with E-state index in [9.17, 15) is 4.79 Å². The molecule has 1 aromatic carbocycles. The highest BCUT2D eigenvalue weighted by Crippen LogP contribution is 2.40. The number of carbonyl (C=O) groups excluding carboxylic acids is 1. The fourth-order valence-corrected chi connectivity index (χ4v) is 4.41. The lowest BCUT2D eigenvalue weighted by atomic mass is 9.68. The van der Waals surface area contributed by atoms with Crippen molar-refractivity contribution < 1.29 is 4.79 Å². The van der Waals surface area contributed by atoms with Gasteiger partial charge in [-0.15, -0.1) is 10.2 Å². The molecule has 6 heteroatoms. The van der Waals surface area contributed by atoms with Crippen LogP contribution < -0.4 is 5.32 Å². The third-order valence-corrected chi connectivity index (χ3v) is 6.25. The van der Waals surface area contributed by atoms with E-state index >= 15 is 0 Å². The highest BCUT2D eigenvalue weighted by Gasteiger charge is 2.40. The molecule has 0 spiro atoms. The van der Waals surface area contributed by atoms with E-state index in [2.05, 4.69) is 53.6 Å². The molecule has 1 N–H and O–H groups in total. The first-order valence-electron chi connectivity index (χ1n) is 9.43. The number of nitrogens with zero attached hydrogens (tertiary/aromatic N) is 3. The largest absolute Gasteiger partial charge is 0.348 e. The van der Waals surface area contributed by atoms with Gasteiger partial charge in [0.25, 0.3) is 0 Å². The maximum absolute atomic E-state index is 13.2. The lowest BCUT2D eigenvalue weighted by Crippen LogP contribution is -2.45. The molecule has 140 valence electrons. The average Bonchev–Trinajstić information content (AvgIpc) is 3.01. The first-order valence-corrected chi connectivity index (χ1v) is 10.4. The Bertz CT molecular complexity index is 748. The Morgan fingerprint density at radius 2 is 1.88 bits per heavy atom. The van der Waals surface area contributed by atoms with Crippen LogP contribution in [0, 0.1) is 6.92 Å². The van der Waals surface area contributed by atoms with Crippen molar-refractivity contribution in [2.75, 3.05) is 5.75 Å². The van der Waals surface area contributed by atoms with Gasteiger partial charge in [-0.25, -0.2) is 0 Å². The van der Waals surface area contributed by atoms with E-state index in [-0.39, 0.29) is 5.91 Å². The van der Waals surface area contributed by atoms with Gasteiger partial charge in [-0.3, -0.25) is 4.79 Å². The standard InChI is InChI=1S/C20H28N4OS/c1-4-26-19-23-22-17(24(19)3)14-21-18(25)20(12-6-5-7-13-20)16-10-8-15(2)9-11-16/h8-11H,4-7,12-14H2,1-3H3,(H,21,25). The second kappa shape index (κ2) is 8.25. The van der Waals surface area contributed by atoms with E-state index in [1.807, 2.05) is 11.6 Å². The summed E-state index contributed by atoms with van der Waals surface area (Å²) in [7, 11) is 1.95. The average molecular weight is 373 g/mol. The molecule has 1 heterocycles. The van der Waals surface area contributed by atoms with E-state index in [0.717, 1.165) is 48.0 Å². The molecule has 0 atom stereocenters. The molecule has 1 amide bonds. The number of nitrogens with one attached hydrogen (secondary N) is 1. The van der Waals surface area contributed by atoms with Crippen LogP contribution in [0.4, 0.5) is 0 Å². The van der Waals surface area contributed by atoms with Crippen LogP contribution in [0.3, 0.4) is 0 Å². The minimum absolute atomic E-state index is 0.119. The monoisotopic (exact) mass is 372 g/mol. The van der Waals surface area contributed by atoms with Gasteiger partial charge >= 0.3 is 0 Å². The SMILES string of the molecule is CCSc1nnc(CNC(=O)C2(c3ccc(C)cc3)CCCCC2)n1C. The number of thioether (sulfide) groups is 1. The van der Waals surface area contributed by atoms with Gasteiger partial charge in [-0.05, 0) is 31.1 Å². The summed E-state index contributed by atoms with van der Waals surface area (Å²) >= 11 is 1.66. The van der Waals surface area contributed by atoms with Crippen LogP contribution in [0.15, 0.2) is 29.4 Å². The van der Waals surface area contributed by atoms with Crippen LogP contribution in [-0.4, -0.2) is 26.4 Å². The first kappa shape index (κ1) is 19.0. The number of hydrogen-bond acceptors (Lipinski definition) is 4. The second-order valence-electron chi connectivity index (χ2n) is 7.08. The van der Waals surface area contributed by atoms with Crippen molar-refractivity contribution in [3.05, 3.63) is 41.2 Å². The summed E-state index contributed by atoms with van der Waals surface area (Å²) in [5.74, 6) is 1.87. The Morgan fingerprint density at radius 1 is 1.19 bits per heavy atom. The molecule has 1 saturated carbocycles. The minimum atomic E-state index is -0.411. The van der Waals surface area contributed by atoms with Gasteiger partial charge in [0.1, 0.15) is 0 Å². The zero-order valence-electron chi connectivity index (χ0n) is 15.9. The van der Waals surface area contributed by atoms with Crippen molar-refractivity contribution in [3.63, 3.8) is 0 Å². The number of amides is 1. The normalized spacial score (nSPS) is 16.4. The number of benzene rings is 1. The van der Waals surface area contributed by atoms with Gasteiger partial charge in [0.05, 0.1) is 12.0 Å². The molecule has 5 nitrogen and oxygen atoms in total. The van der Waals surface area contributed by atoms with E-state index in [1.165, 1.54) is 12.0 Å². The molecule has 0 radical (unpaired) electrons. The summed E-state index contributed by atoms with van der Waals surface area (Å²) in [6.07, 6.45) is 5.24. The molecule has 1 aromatic heterocycles. The molecular weight excluding hydrogens is 344 g/mol. The minimum Gasteiger partial charge on any atom is -0.348 e. The second-order valence-corrected chi connectivity index (χ2v) is 8.31. The van der Waals surface area contributed by atoms with Crippen LogP contribution in [0.25, 0.3) is 0 Å². The number of hydrogen-bond donors (Lipinski definition) is 1. The molecule has 0 bridgehead atoms. The van der Waals surface area contributed by atoms with Crippen molar-refractivity contribution in [3.8, 4) is 0 Å². The van der Waals surface area contributed by atoms with Crippen LogP contribution in [0.5, 0.6) is 0 Å². The fourth-order valence-electron chi connectivity index (χ4n) is 3.76. The predicted molar refractivity (Wildman–Crippen MR) is 105 cm³/mol. The highest BCUT2D eigenvalue weighted by atomic mass is 32.2. The molecule has 1 fully saturated rings. The molecule has 1 aliphatic rings. The van der Waals surface area contributed by atoms with Crippen molar-refractivity contribution in [2.45, 2.75) is 63.1 Å². The topological polar surface area (TPSA) is 59.8 Å². The molecule has 0 unspecified atom stereocenters. The third kappa shape index (κ3) is 3.80. The van der Waals surface area contributed by atoms with Gasteiger partial charge < -0.3 is 9.88 Å².